The van der Waals surface area contributed by atoms with Crippen LogP contribution in [0, 0.1) is 23.7 Å². The fourth-order valence-electron chi connectivity index (χ4n) is 9.29. The van der Waals surface area contributed by atoms with Gasteiger partial charge in [0.25, 0.3) is 0 Å². The third kappa shape index (κ3) is 6.40. The van der Waals surface area contributed by atoms with Crippen LogP contribution < -0.4 is 15.3 Å². The van der Waals surface area contributed by atoms with E-state index in [1.165, 1.54) is 12.0 Å². The summed E-state index contributed by atoms with van der Waals surface area (Å²) in [5, 5.41) is 29.8. The molecule has 4 heterocycles. The van der Waals surface area contributed by atoms with E-state index in [-0.39, 0.29) is 30.1 Å². The molecule has 2 aliphatic carbocycles. The molecule has 3 fully saturated rings. The smallest absolute Gasteiger partial charge is 0.323 e. The van der Waals surface area contributed by atoms with Gasteiger partial charge >= 0.3 is 11.9 Å². The first-order chi connectivity index (χ1) is 24.3. The lowest BCUT2D eigenvalue weighted by Gasteiger charge is -2.56. The molecule has 0 bridgehead atoms. The number of hydrogen-bond donors (Lipinski definition) is 3. The lowest BCUT2D eigenvalue weighted by Crippen LogP contribution is -2.66. The number of aliphatic hydroxyl groups is 2. The highest BCUT2D eigenvalue weighted by Gasteiger charge is 2.62. The minimum atomic E-state index is -1.56. The summed E-state index contributed by atoms with van der Waals surface area (Å²) in [6.45, 7) is 11.7. The van der Waals surface area contributed by atoms with Crippen LogP contribution in [0.5, 0.6) is 0 Å². The maximum atomic E-state index is 14.1. The van der Waals surface area contributed by atoms with E-state index in [4.69, 9.17) is 25.9 Å². The van der Waals surface area contributed by atoms with Gasteiger partial charge < -0.3 is 24.6 Å². The SMILES string of the molecule is CC(=O)O[C@@H]1C(C)=C[C@@H]2[C@H](C(C)CN3CCN(c4ncccn4)CC3)CC[C@@H](C)[C@]2(O)[C@H]1OC(=O)[C@@H]1C[C@@]2(O)c3cccc(Cl)c3N(C)O[C@H]2N1. The molecule has 51 heavy (non-hydrogen) atoms. The van der Waals surface area contributed by atoms with Gasteiger partial charge in [-0.2, -0.15) is 0 Å². The van der Waals surface area contributed by atoms with Crippen molar-refractivity contribution in [3.63, 3.8) is 0 Å². The number of piperazine rings is 1. The van der Waals surface area contributed by atoms with Crippen molar-refractivity contribution in [2.75, 3.05) is 49.7 Å². The lowest BCUT2D eigenvalue weighted by molar-refractivity contribution is -0.225. The third-order valence-electron chi connectivity index (χ3n) is 12.0. The van der Waals surface area contributed by atoms with Crippen LogP contribution in [0.3, 0.4) is 0 Å². The van der Waals surface area contributed by atoms with E-state index in [0.29, 0.717) is 16.3 Å². The number of hydroxylamine groups is 1. The molecule has 13 nitrogen and oxygen atoms in total. The van der Waals surface area contributed by atoms with Crippen LogP contribution in [0.25, 0.3) is 0 Å². The molecule has 1 unspecified atom stereocenters. The molecule has 0 radical (unpaired) electrons. The van der Waals surface area contributed by atoms with Crippen LogP contribution >= 0.6 is 11.6 Å². The second-order valence-electron chi connectivity index (χ2n) is 15.1. The minimum Gasteiger partial charge on any atom is -0.454 e. The molecular formula is C37H49ClN6O7. The minimum absolute atomic E-state index is 0.0435. The fourth-order valence-corrected chi connectivity index (χ4v) is 9.58. The summed E-state index contributed by atoms with van der Waals surface area (Å²) in [5.41, 5.74) is -1.27. The molecular weight excluding hydrogens is 676 g/mol. The third-order valence-corrected chi connectivity index (χ3v) is 12.3. The van der Waals surface area contributed by atoms with Crippen molar-refractivity contribution < 1.29 is 34.1 Å². The van der Waals surface area contributed by atoms with Gasteiger partial charge in [0.05, 0.1) is 10.7 Å². The Hall–Kier alpha value is -3.33. The van der Waals surface area contributed by atoms with Crippen molar-refractivity contribution >= 4 is 35.2 Å². The summed E-state index contributed by atoms with van der Waals surface area (Å²) in [6, 6.07) is 6.08. The maximum absolute atomic E-state index is 14.1. The Balaban J connectivity index is 1.11. The number of esters is 2. The summed E-state index contributed by atoms with van der Waals surface area (Å²) in [5.74, 6) is -0.738. The number of halogens is 1. The summed E-state index contributed by atoms with van der Waals surface area (Å²) in [6.07, 6.45) is 4.09. The number of benzene rings is 1. The van der Waals surface area contributed by atoms with Crippen LogP contribution in [-0.2, 0) is 29.5 Å². The van der Waals surface area contributed by atoms with Crippen molar-refractivity contribution in [3.05, 3.63) is 58.9 Å². The molecule has 1 saturated carbocycles. The highest BCUT2D eigenvalue weighted by atomic mass is 35.5. The average molecular weight is 725 g/mol. The van der Waals surface area contributed by atoms with E-state index in [9.17, 15) is 19.8 Å². The summed E-state index contributed by atoms with van der Waals surface area (Å²) >= 11 is 6.47. The number of nitrogens with zero attached hydrogens (tertiary/aromatic N) is 5. The second kappa shape index (κ2) is 13.9. The second-order valence-corrected chi connectivity index (χ2v) is 15.5. The van der Waals surface area contributed by atoms with Gasteiger partial charge in [-0.15, -0.1) is 0 Å². The van der Waals surface area contributed by atoms with Crippen LogP contribution in [0.15, 0.2) is 48.3 Å². The Morgan fingerprint density at radius 2 is 1.84 bits per heavy atom. The molecule has 3 aliphatic heterocycles. The van der Waals surface area contributed by atoms with Gasteiger partial charge in [-0.3, -0.25) is 29.7 Å². The summed E-state index contributed by atoms with van der Waals surface area (Å²) in [7, 11) is 1.69. The first-order valence-electron chi connectivity index (χ1n) is 18.0. The topological polar surface area (TPSA) is 150 Å². The predicted molar refractivity (Wildman–Crippen MR) is 190 cm³/mol. The number of carbonyl (C=O) groups excluding carboxylic acids is 2. The van der Waals surface area contributed by atoms with Gasteiger partial charge in [-0.25, -0.2) is 9.97 Å². The molecule has 1 aromatic carbocycles. The Kier molecular flexibility index (Phi) is 9.83. The Morgan fingerprint density at radius 3 is 2.55 bits per heavy atom. The number of fused-ring (bicyclic) bond motifs is 4. The number of hydrogen-bond acceptors (Lipinski definition) is 13. The van der Waals surface area contributed by atoms with Gasteiger partial charge in [0.1, 0.15) is 17.2 Å². The number of carbonyl (C=O) groups is 2. The molecule has 7 rings (SSSR count). The van der Waals surface area contributed by atoms with Gasteiger partial charge in [-0.1, -0.05) is 43.7 Å². The fraction of sp³-hybridized carbons (Fsp3) is 0.622. The molecule has 0 spiro atoms. The Morgan fingerprint density at radius 1 is 1.12 bits per heavy atom. The first kappa shape index (κ1) is 36.0. The van der Waals surface area contributed by atoms with Gasteiger partial charge in [0.2, 0.25) is 5.95 Å². The number of rotatable bonds is 7. The van der Waals surface area contributed by atoms with E-state index in [0.717, 1.165) is 57.1 Å². The van der Waals surface area contributed by atoms with E-state index in [2.05, 4.69) is 38.1 Å². The van der Waals surface area contributed by atoms with Gasteiger partial charge in [0.15, 0.2) is 18.4 Å². The first-order valence-corrected chi connectivity index (χ1v) is 18.4. The predicted octanol–water partition coefficient (Wildman–Crippen LogP) is 3.04. The van der Waals surface area contributed by atoms with Crippen LogP contribution in [0.4, 0.5) is 11.6 Å². The van der Waals surface area contributed by atoms with Gasteiger partial charge in [-0.05, 0) is 55.2 Å². The molecule has 3 N–H and O–H groups in total. The highest BCUT2D eigenvalue weighted by Crippen LogP contribution is 2.53. The van der Waals surface area contributed by atoms with E-state index in [1.54, 1.807) is 37.6 Å². The van der Waals surface area contributed by atoms with Gasteiger partial charge in [0, 0.05) is 77.0 Å². The zero-order valence-corrected chi connectivity index (χ0v) is 30.6. The standard InChI is InChI=1S/C37H49ClN6O7/c1-21-18-27-25(22(2)20-43-14-16-44(17-15-43)35-39-12-7-13-40-35)11-10-23(3)37(27,48)32(31(21)49-24(4)45)50-33(46)29-19-36(47)26-8-6-9-28(38)30(26)42(5)51-34(36)41-29/h6-9,12-13,18,22-23,25,27,29,31-32,34,41,47-48H,10-11,14-17,19-20H2,1-5H3/t22?,23-,25+,27-,29+,31-,32+,34-,36-,37-/m1/s1. The van der Waals surface area contributed by atoms with Crippen molar-refractivity contribution in [1.29, 1.82) is 0 Å². The van der Waals surface area contributed by atoms with Crippen molar-refractivity contribution in [2.24, 2.45) is 23.7 Å². The number of ether oxygens (including phenoxy) is 2. The van der Waals surface area contributed by atoms with E-state index >= 15 is 0 Å². The van der Waals surface area contributed by atoms with Crippen LogP contribution in [-0.4, -0.2) is 107 Å². The van der Waals surface area contributed by atoms with E-state index in [1.807, 2.05) is 19.9 Å². The van der Waals surface area contributed by atoms with Crippen LogP contribution in [0.1, 0.15) is 52.5 Å². The largest absolute Gasteiger partial charge is 0.454 e. The lowest BCUT2D eigenvalue weighted by atomic mass is 9.55. The van der Waals surface area contributed by atoms with Crippen LogP contribution in [0.2, 0.25) is 5.02 Å². The summed E-state index contributed by atoms with van der Waals surface area (Å²) in [4.78, 5) is 46.0. The normalized spacial score (nSPS) is 35.6. The van der Waals surface area contributed by atoms with E-state index < -0.39 is 47.6 Å². The summed E-state index contributed by atoms with van der Waals surface area (Å²) < 4.78 is 12.1. The zero-order valence-electron chi connectivity index (χ0n) is 29.9. The molecule has 2 saturated heterocycles. The Labute approximate surface area is 303 Å². The molecule has 1 aromatic heterocycles. The Bertz CT molecular complexity index is 1660. The number of nitrogens with one attached hydrogen (secondary N) is 1. The van der Waals surface area contributed by atoms with Crippen molar-refractivity contribution in [3.8, 4) is 0 Å². The van der Waals surface area contributed by atoms with Crippen molar-refractivity contribution in [2.45, 2.75) is 82.6 Å². The quantitative estimate of drug-likeness (QED) is 0.284. The maximum Gasteiger partial charge on any atom is 0.323 e. The molecule has 2 aromatic rings. The zero-order chi connectivity index (χ0) is 36.2. The molecule has 0 amide bonds. The molecule has 276 valence electrons. The highest BCUT2D eigenvalue weighted by molar-refractivity contribution is 6.33. The molecule has 5 aliphatic rings. The molecule has 14 heteroatoms. The average Bonchev–Trinajstić information content (AvgIpc) is 3.45. The number of para-hydroxylation sites is 1. The monoisotopic (exact) mass is 724 g/mol. The number of aromatic nitrogens is 2. The number of anilines is 2. The van der Waals surface area contributed by atoms with Crippen molar-refractivity contribution in [1.82, 2.24) is 20.2 Å². The molecule has 10 atom stereocenters.